The van der Waals surface area contributed by atoms with Gasteiger partial charge in [-0.15, -0.1) is 5.10 Å². The van der Waals surface area contributed by atoms with Crippen molar-refractivity contribution >= 4 is 11.5 Å². The number of hydrogen-bond acceptors (Lipinski definition) is 6. The second-order valence-corrected chi connectivity index (χ2v) is 4.72. The maximum atomic E-state index is 11.2. The minimum absolute atomic E-state index is 0.0834. The van der Waals surface area contributed by atoms with E-state index in [-0.39, 0.29) is 10.6 Å². The zero-order valence-corrected chi connectivity index (χ0v) is 12.2. The zero-order chi connectivity index (χ0) is 15.2. The molecule has 0 aliphatic heterocycles. The van der Waals surface area contributed by atoms with E-state index >= 15 is 0 Å². The second-order valence-electron chi connectivity index (χ2n) is 4.72. The van der Waals surface area contributed by atoms with Crippen LogP contribution in [-0.2, 0) is 20.0 Å². The van der Waals surface area contributed by atoms with E-state index < -0.39 is 0 Å². The monoisotopic (exact) mass is 293 g/mol. The van der Waals surface area contributed by atoms with Gasteiger partial charge in [0.15, 0.2) is 0 Å². The number of rotatable bonds is 8. The van der Waals surface area contributed by atoms with Crippen LogP contribution in [0.25, 0.3) is 0 Å². The van der Waals surface area contributed by atoms with Crippen molar-refractivity contribution in [3.05, 3.63) is 28.2 Å². The molecule has 9 nitrogen and oxygen atoms in total. The van der Waals surface area contributed by atoms with E-state index in [0.29, 0.717) is 31.0 Å². The molecule has 0 saturated carbocycles. The molecule has 1 N–H and O–H groups in total. The van der Waals surface area contributed by atoms with Crippen LogP contribution in [0.1, 0.15) is 25.5 Å². The lowest BCUT2D eigenvalue weighted by Gasteiger charge is -2.06. The van der Waals surface area contributed by atoms with Gasteiger partial charge in [0.2, 0.25) is 5.82 Å². The van der Waals surface area contributed by atoms with Crippen molar-refractivity contribution < 1.29 is 4.92 Å². The fourth-order valence-electron chi connectivity index (χ4n) is 2.16. The summed E-state index contributed by atoms with van der Waals surface area (Å²) >= 11 is 0. The summed E-state index contributed by atoms with van der Waals surface area (Å²) in [5, 5.41) is 26.2. The van der Waals surface area contributed by atoms with Crippen molar-refractivity contribution in [1.82, 2.24) is 24.8 Å². The van der Waals surface area contributed by atoms with Crippen LogP contribution < -0.4 is 5.32 Å². The van der Waals surface area contributed by atoms with Crippen LogP contribution in [0.4, 0.5) is 11.5 Å². The molecule has 0 spiro atoms. The lowest BCUT2D eigenvalue weighted by molar-refractivity contribution is -0.384. The number of nitro groups is 1. The first-order valence-corrected chi connectivity index (χ1v) is 6.91. The maximum absolute atomic E-state index is 11.2. The molecule has 0 atom stereocenters. The van der Waals surface area contributed by atoms with E-state index in [4.69, 9.17) is 0 Å². The van der Waals surface area contributed by atoms with Crippen LogP contribution >= 0.6 is 0 Å². The van der Waals surface area contributed by atoms with Crippen molar-refractivity contribution in [1.29, 1.82) is 0 Å². The van der Waals surface area contributed by atoms with Gasteiger partial charge in [-0.2, -0.15) is 5.10 Å². The molecular formula is C12H19N7O2. The molecule has 0 unspecified atom stereocenters. The van der Waals surface area contributed by atoms with E-state index in [1.54, 1.807) is 28.8 Å². The summed E-state index contributed by atoms with van der Waals surface area (Å²) in [5.41, 5.74) is 0.615. The predicted octanol–water partition coefficient (Wildman–Crippen LogP) is 1.37. The van der Waals surface area contributed by atoms with Gasteiger partial charge in [0.1, 0.15) is 5.69 Å². The van der Waals surface area contributed by atoms with Crippen LogP contribution in [0, 0.1) is 10.1 Å². The van der Waals surface area contributed by atoms with E-state index in [0.717, 1.165) is 12.8 Å². The molecule has 0 bridgehead atoms. The number of aryl methyl sites for hydroxylation is 3. The minimum Gasteiger partial charge on any atom is -0.364 e. The molecule has 2 heterocycles. The Labute approximate surface area is 122 Å². The molecule has 2 aromatic heterocycles. The van der Waals surface area contributed by atoms with Gasteiger partial charge in [0.25, 0.3) is 0 Å². The van der Waals surface area contributed by atoms with Crippen molar-refractivity contribution in [2.75, 3.05) is 11.9 Å². The molecule has 0 aliphatic rings. The zero-order valence-electron chi connectivity index (χ0n) is 12.2. The molecule has 0 fully saturated rings. The van der Waals surface area contributed by atoms with E-state index in [1.807, 2.05) is 6.92 Å². The molecule has 0 saturated heterocycles. The van der Waals surface area contributed by atoms with Gasteiger partial charge >= 0.3 is 5.69 Å². The lowest BCUT2D eigenvalue weighted by atomic mass is 10.2. The topological polar surface area (TPSA) is 104 Å². The number of aromatic nitrogens is 5. The molecule has 21 heavy (non-hydrogen) atoms. The first-order valence-electron chi connectivity index (χ1n) is 6.91. The van der Waals surface area contributed by atoms with Gasteiger partial charge in [-0.3, -0.25) is 14.8 Å². The number of nitrogens with zero attached hydrogens (tertiary/aromatic N) is 6. The highest BCUT2D eigenvalue weighted by Gasteiger charge is 2.25. The smallest absolute Gasteiger partial charge is 0.333 e. The Morgan fingerprint density at radius 2 is 2.29 bits per heavy atom. The van der Waals surface area contributed by atoms with Crippen LogP contribution in [-0.4, -0.2) is 36.2 Å². The summed E-state index contributed by atoms with van der Waals surface area (Å²) in [6.07, 6.45) is 5.62. The Morgan fingerprint density at radius 3 is 2.90 bits per heavy atom. The third-order valence-electron chi connectivity index (χ3n) is 3.09. The number of anilines is 1. The molecule has 0 amide bonds. The summed E-state index contributed by atoms with van der Waals surface area (Å²) in [7, 11) is 1.71. The lowest BCUT2D eigenvalue weighted by Crippen LogP contribution is -2.10. The Hall–Kier alpha value is -2.45. The number of nitrogens with one attached hydrogen (secondary N) is 1. The molecule has 0 aromatic carbocycles. The molecule has 2 aromatic rings. The predicted molar refractivity (Wildman–Crippen MR) is 77.0 cm³/mol. The van der Waals surface area contributed by atoms with Crippen LogP contribution in [0.5, 0.6) is 0 Å². The SMILES string of the molecule is CCCc1nn(C)c(NCCCn2ccnn2)c1[N+](=O)[O-]. The second kappa shape index (κ2) is 6.82. The molecule has 2 rings (SSSR count). The Bertz CT molecular complexity index is 591. The van der Waals surface area contributed by atoms with E-state index in [2.05, 4.69) is 20.7 Å². The minimum atomic E-state index is -0.363. The summed E-state index contributed by atoms with van der Waals surface area (Å²) < 4.78 is 3.26. The van der Waals surface area contributed by atoms with Crippen molar-refractivity contribution in [2.45, 2.75) is 32.7 Å². The summed E-state index contributed by atoms with van der Waals surface area (Å²) in [6.45, 7) is 3.29. The molecular weight excluding hydrogens is 274 g/mol. The van der Waals surface area contributed by atoms with Crippen LogP contribution in [0.3, 0.4) is 0 Å². The first-order chi connectivity index (χ1) is 10.1. The Kier molecular flexibility index (Phi) is 4.85. The normalized spacial score (nSPS) is 10.8. The van der Waals surface area contributed by atoms with Gasteiger partial charge in [0.05, 0.1) is 11.1 Å². The van der Waals surface area contributed by atoms with Crippen LogP contribution in [0.2, 0.25) is 0 Å². The standard InChI is InChI=1S/C12H19N7O2/c1-3-5-10-11(19(20)21)12(17(2)15-10)13-6-4-8-18-9-7-14-16-18/h7,9,13H,3-6,8H2,1-2H3. The van der Waals surface area contributed by atoms with E-state index in [9.17, 15) is 10.1 Å². The van der Waals surface area contributed by atoms with Crippen molar-refractivity contribution in [3.8, 4) is 0 Å². The Balaban J connectivity index is 1.99. The Morgan fingerprint density at radius 1 is 1.48 bits per heavy atom. The average Bonchev–Trinajstić information content (AvgIpc) is 3.03. The van der Waals surface area contributed by atoms with Gasteiger partial charge < -0.3 is 5.32 Å². The average molecular weight is 293 g/mol. The fourth-order valence-corrected chi connectivity index (χ4v) is 2.16. The third-order valence-corrected chi connectivity index (χ3v) is 3.09. The number of hydrogen-bond donors (Lipinski definition) is 1. The highest BCUT2D eigenvalue weighted by molar-refractivity contribution is 5.59. The third kappa shape index (κ3) is 3.56. The maximum Gasteiger partial charge on any atom is 0.333 e. The molecule has 0 radical (unpaired) electrons. The largest absolute Gasteiger partial charge is 0.364 e. The fraction of sp³-hybridized carbons (Fsp3) is 0.583. The van der Waals surface area contributed by atoms with E-state index in [1.165, 1.54) is 0 Å². The quantitative estimate of drug-likeness (QED) is 0.448. The summed E-state index contributed by atoms with van der Waals surface area (Å²) in [4.78, 5) is 10.9. The summed E-state index contributed by atoms with van der Waals surface area (Å²) in [6, 6.07) is 0. The van der Waals surface area contributed by atoms with Crippen molar-refractivity contribution in [2.24, 2.45) is 7.05 Å². The van der Waals surface area contributed by atoms with Gasteiger partial charge in [0, 0.05) is 26.3 Å². The van der Waals surface area contributed by atoms with Gasteiger partial charge in [-0.25, -0.2) is 4.68 Å². The van der Waals surface area contributed by atoms with Gasteiger partial charge in [-0.1, -0.05) is 18.6 Å². The van der Waals surface area contributed by atoms with Crippen LogP contribution in [0.15, 0.2) is 12.4 Å². The van der Waals surface area contributed by atoms with Crippen molar-refractivity contribution in [3.63, 3.8) is 0 Å². The molecule has 9 heteroatoms. The van der Waals surface area contributed by atoms with Gasteiger partial charge in [-0.05, 0) is 12.8 Å². The molecule has 0 aliphatic carbocycles. The highest BCUT2D eigenvalue weighted by Crippen LogP contribution is 2.28. The first kappa shape index (κ1) is 14.9. The highest BCUT2D eigenvalue weighted by atomic mass is 16.6. The molecule has 114 valence electrons. The summed E-state index contributed by atoms with van der Waals surface area (Å²) in [5.74, 6) is 0.460.